The van der Waals surface area contributed by atoms with E-state index in [0.717, 1.165) is 11.1 Å². The molecule has 0 aliphatic heterocycles. The van der Waals surface area contributed by atoms with Gasteiger partial charge in [0.2, 0.25) is 5.75 Å². The van der Waals surface area contributed by atoms with Gasteiger partial charge in [-0.05, 0) is 45.3 Å². The number of nitro benzene ring substituents is 1. The molecule has 3 aromatic carbocycles. The van der Waals surface area contributed by atoms with E-state index in [1.54, 1.807) is 12.1 Å². The van der Waals surface area contributed by atoms with E-state index < -0.39 is 10.9 Å². The SMILES string of the molecule is O=C(COc1ccc(-c2ccccc2)cc1Br)Oc1ccccc1[N+](=O)[O-]. The number of halogens is 1. The number of hydrogen-bond acceptors (Lipinski definition) is 5. The highest BCUT2D eigenvalue weighted by atomic mass is 79.9. The summed E-state index contributed by atoms with van der Waals surface area (Å²) in [7, 11) is 0. The van der Waals surface area contributed by atoms with E-state index in [9.17, 15) is 14.9 Å². The fourth-order valence-corrected chi connectivity index (χ4v) is 2.90. The van der Waals surface area contributed by atoms with Gasteiger partial charge in [0.25, 0.3) is 0 Å². The Morgan fingerprint density at radius 1 is 0.926 bits per heavy atom. The number of carbonyl (C=O) groups excluding carboxylic acids is 1. The molecule has 7 heteroatoms. The molecule has 0 amide bonds. The normalized spacial score (nSPS) is 10.3. The average Bonchev–Trinajstić information content (AvgIpc) is 2.68. The number of carbonyl (C=O) groups is 1. The molecule has 0 radical (unpaired) electrons. The number of hydrogen-bond donors (Lipinski definition) is 0. The number of nitrogens with zero attached hydrogens (tertiary/aromatic N) is 1. The second-order valence-corrected chi connectivity index (χ2v) is 6.35. The molecule has 0 saturated heterocycles. The van der Waals surface area contributed by atoms with Gasteiger partial charge in [-0.1, -0.05) is 48.5 Å². The van der Waals surface area contributed by atoms with Crippen LogP contribution in [0, 0.1) is 10.1 Å². The fraction of sp³-hybridized carbons (Fsp3) is 0.0500. The van der Waals surface area contributed by atoms with Crippen LogP contribution in [0.25, 0.3) is 11.1 Å². The molecule has 0 N–H and O–H groups in total. The first-order valence-corrected chi connectivity index (χ1v) is 8.76. The van der Waals surface area contributed by atoms with Gasteiger partial charge in [-0.15, -0.1) is 0 Å². The summed E-state index contributed by atoms with van der Waals surface area (Å²) < 4.78 is 11.2. The van der Waals surface area contributed by atoms with E-state index in [-0.39, 0.29) is 18.0 Å². The standard InChI is InChI=1S/C20H14BrNO5/c21-16-12-15(14-6-2-1-3-7-14)10-11-18(16)26-13-20(23)27-19-9-5-4-8-17(19)22(24)25/h1-12H,13H2. The van der Waals surface area contributed by atoms with Crippen molar-refractivity contribution in [1.29, 1.82) is 0 Å². The lowest BCUT2D eigenvalue weighted by atomic mass is 10.1. The molecule has 0 unspecified atom stereocenters. The van der Waals surface area contributed by atoms with E-state index in [1.165, 1.54) is 18.2 Å². The van der Waals surface area contributed by atoms with Crippen molar-refractivity contribution in [2.24, 2.45) is 0 Å². The van der Waals surface area contributed by atoms with Crippen LogP contribution in [0.4, 0.5) is 5.69 Å². The molecule has 0 heterocycles. The number of para-hydroxylation sites is 2. The molecule has 3 rings (SSSR count). The van der Waals surface area contributed by atoms with Gasteiger partial charge in [0.05, 0.1) is 9.40 Å². The van der Waals surface area contributed by atoms with Crippen LogP contribution in [-0.2, 0) is 4.79 Å². The van der Waals surface area contributed by atoms with Gasteiger partial charge < -0.3 is 9.47 Å². The predicted octanol–water partition coefficient (Wildman–Crippen LogP) is 5.01. The number of benzene rings is 3. The van der Waals surface area contributed by atoms with Crippen LogP contribution >= 0.6 is 15.9 Å². The second kappa shape index (κ2) is 8.46. The Bertz CT molecular complexity index is 975. The van der Waals surface area contributed by atoms with Gasteiger partial charge in [-0.3, -0.25) is 10.1 Å². The molecule has 0 fully saturated rings. The van der Waals surface area contributed by atoms with Crippen molar-refractivity contribution in [3.8, 4) is 22.6 Å². The zero-order chi connectivity index (χ0) is 19.2. The molecular formula is C20H14BrNO5. The summed E-state index contributed by atoms with van der Waals surface area (Å²) in [6.45, 7) is -0.380. The van der Waals surface area contributed by atoms with Crippen molar-refractivity contribution < 1.29 is 19.2 Å². The fourth-order valence-electron chi connectivity index (χ4n) is 2.41. The van der Waals surface area contributed by atoms with Crippen molar-refractivity contribution in [3.05, 3.63) is 87.4 Å². The summed E-state index contributed by atoms with van der Waals surface area (Å²) in [6.07, 6.45) is 0. The maximum Gasteiger partial charge on any atom is 0.349 e. The summed E-state index contributed by atoms with van der Waals surface area (Å²) in [5.41, 5.74) is 1.78. The summed E-state index contributed by atoms with van der Waals surface area (Å²) in [4.78, 5) is 22.3. The van der Waals surface area contributed by atoms with Gasteiger partial charge in [-0.2, -0.15) is 0 Å². The van der Waals surface area contributed by atoms with Crippen molar-refractivity contribution >= 4 is 27.6 Å². The Kier molecular flexibility index (Phi) is 5.83. The Morgan fingerprint density at radius 2 is 1.63 bits per heavy atom. The molecule has 0 spiro atoms. The Balaban J connectivity index is 1.65. The summed E-state index contributed by atoms with van der Waals surface area (Å²) >= 11 is 3.43. The summed E-state index contributed by atoms with van der Waals surface area (Å²) in [6, 6.07) is 21.0. The third-order valence-corrected chi connectivity index (χ3v) is 4.29. The van der Waals surface area contributed by atoms with Crippen molar-refractivity contribution in [2.45, 2.75) is 0 Å². The van der Waals surface area contributed by atoms with E-state index in [1.807, 2.05) is 42.5 Å². The summed E-state index contributed by atoms with van der Waals surface area (Å²) in [5, 5.41) is 11.0. The number of ether oxygens (including phenoxy) is 2. The van der Waals surface area contributed by atoms with E-state index in [4.69, 9.17) is 9.47 Å². The van der Waals surface area contributed by atoms with E-state index in [0.29, 0.717) is 10.2 Å². The van der Waals surface area contributed by atoms with Gasteiger partial charge >= 0.3 is 11.7 Å². The molecule has 6 nitrogen and oxygen atoms in total. The first-order chi connectivity index (χ1) is 13.0. The number of nitro groups is 1. The van der Waals surface area contributed by atoms with Crippen LogP contribution in [0.3, 0.4) is 0 Å². The van der Waals surface area contributed by atoms with Crippen LogP contribution in [0.5, 0.6) is 11.5 Å². The number of rotatable bonds is 6. The Labute approximate surface area is 163 Å². The monoisotopic (exact) mass is 427 g/mol. The smallest absolute Gasteiger partial charge is 0.349 e. The third-order valence-electron chi connectivity index (χ3n) is 3.67. The van der Waals surface area contributed by atoms with Gasteiger partial charge in [-0.25, -0.2) is 4.79 Å². The molecule has 0 aliphatic carbocycles. The zero-order valence-electron chi connectivity index (χ0n) is 14.0. The molecule has 0 aliphatic rings. The van der Waals surface area contributed by atoms with Crippen LogP contribution < -0.4 is 9.47 Å². The largest absolute Gasteiger partial charge is 0.481 e. The molecule has 3 aromatic rings. The van der Waals surface area contributed by atoms with Crippen molar-refractivity contribution in [1.82, 2.24) is 0 Å². The highest BCUT2D eigenvalue weighted by Gasteiger charge is 2.17. The highest BCUT2D eigenvalue weighted by molar-refractivity contribution is 9.10. The summed E-state index contributed by atoms with van der Waals surface area (Å²) in [5.74, 6) is -0.382. The Morgan fingerprint density at radius 3 is 2.33 bits per heavy atom. The predicted molar refractivity (Wildman–Crippen MR) is 104 cm³/mol. The molecule has 0 atom stereocenters. The average molecular weight is 428 g/mol. The highest BCUT2D eigenvalue weighted by Crippen LogP contribution is 2.31. The van der Waals surface area contributed by atoms with Crippen LogP contribution in [0.2, 0.25) is 0 Å². The second-order valence-electron chi connectivity index (χ2n) is 5.50. The lowest BCUT2D eigenvalue weighted by Crippen LogP contribution is -2.18. The van der Waals surface area contributed by atoms with Gasteiger partial charge in [0.1, 0.15) is 5.75 Å². The molecular weight excluding hydrogens is 414 g/mol. The van der Waals surface area contributed by atoms with Crippen LogP contribution in [-0.4, -0.2) is 17.5 Å². The first-order valence-electron chi connectivity index (χ1n) is 7.96. The zero-order valence-corrected chi connectivity index (χ0v) is 15.6. The molecule has 136 valence electrons. The van der Waals surface area contributed by atoms with Crippen LogP contribution in [0.15, 0.2) is 77.3 Å². The van der Waals surface area contributed by atoms with Crippen molar-refractivity contribution in [2.75, 3.05) is 6.61 Å². The molecule has 0 bridgehead atoms. The Hall–Kier alpha value is -3.19. The molecule has 0 aromatic heterocycles. The minimum Gasteiger partial charge on any atom is -0.481 e. The number of esters is 1. The minimum absolute atomic E-state index is 0.116. The third kappa shape index (κ3) is 4.71. The van der Waals surface area contributed by atoms with E-state index >= 15 is 0 Å². The maximum absolute atomic E-state index is 12.0. The maximum atomic E-state index is 12.0. The lowest BCUT2D eigenvalue weighted by Gasteiger charge is -2.10. The first kappa shape index (κ1) is 18.6. The van der Waals surface area contributed by atoms with E-state index in [2.05, 4.69) is 15.9 Å². The molecule has 27 heavy (non-hydrogen) atoms. The quantitative estimate of drug-likeness (QED) is 0.239. The topological polar surface area (TPSA) is 78.7 Å². The molecule has 0 saturated carbocycles. The van der Waals surface area contributed by atoms with Gasteiger partial charge in [0, 0.05) is 6.07 Å². The van der Waals surface area contributed by atoms with Crippen LogP contribution in [0.1, 0.15) is 0 Å². The minimum atomic E-state index is -0.733. The van der Waals surface area contributed by atoms with Crippen molar-refractivity contribution in [3.63, 3.8) is 0 Å². The van der Waals surface area contributed by atoms with Gasteiger partial charge in [0.15, 0.2) is 6.61 Å². The lowest BCUT2D eigenvalue weighted by molar-refractivity contribution is -0.385.